The van der Waals surface area contributed by atoms with Crippen molar-refractivity contribution in [1.29, 1.82) is 0 Å². The molecule has 204 valence electrons. The van der Waals surface area contributed by atoms with Crippen LogP contribution in [0.15, 0.2) is 0 Å². The van der Waals surface area contributed by atoms with Crippen molar-refractivity contribution in [1.82, 2.24) is 24.9 Å². The predicted octanol–water partition coefficient (Wildman–Crippen LogP) is 4.76. The summed E-state index contributed by atoms with van der Waals surface area (Å²) in [7, 11) is 0. The number of carbonyl (C=O) groups excluding carboxylic acids is 2. The molecule has 2 saturated heterocycles. The van der Waals surface area contributed by atoms with Crippen molar-refractivity contribution < 1.29 is 9.59 Å². The topological polar surface area (TPSA) is 70.5 Å². The Hall–Kier alpha value is -1.60. The third-order valence-corrected chi connectivity index (χ3v) is 8.87. The van der Waals surface area contributed by atoms with E-state index < -0.39 is 5.54 Å². The molecule has 0 unspecified atom stereocenters. The Kier molecular flexibility index (Phi) is 10.3. The van der Waals surface area contributed by atoms with Crippen LogP contribution in [-0.4, -0.2) is 62.6 Å². The number of halogens is 1. The molecule has 3 heterocycles. The van der Waals surface area contributed by atoms with E-state index in [1.807, 2.05) is 4.90 Å². The van der Waals surface area contributed by atoms with E-state index in [2.05, 4.69) is 42.6 Å². The molecule has 2 aliphatic heterocycles. The first-order chi connectivity index (χ1) is 16.9. The first-order valence-electron chi connectivity index (χ1n) is 14.3. The number of piperidine rings is 1. The van der Waals surface area contributed by atoms with E-state index in [4.69, 9.17) is 5.10 Å². The summed E-state index contributed by atoms with van der Waals surface area (Å²) in [5.74, 6) is 0.836. The number of aromatic nitrogens is 2. The van der Waals surface area contributed by atoms with Crippen LogP contribution in [0.1, 0.15) is 101 Å². The minimum atomic E-state index is -0.678. The zero-order chi connectivity index (χ0) is 25.0. The van der Waals surface area contributed by atoms with E-state index in [-0.39, 0.29) is 30.3 Å². The van der Waals surface area contributed by atoms with Crippen molar-refractivity contribution in [3.05, 3.63) is 17.0 Å². The summed E-state index contributed by atoms with van der Waals surface area (Å²) < 4.78 is 2.13. The van der Waals surface area contributed by atoms with Crippen molar-refractivity contribution in [3.63, 3.8) is 0 Å². The molecule has 8 heteroatoms. The van der Waals surface area contributed by atoms with Gasteiger partial charge in [-0.15, -0.1) is 12.4 Å². The quantitative estimate of drug-likeness (QED) is 0.508. The van der Waals surface area contributed by atoms with Gasteiger partial charge in [-0.25, -0.2) is 0 Å². The van der Waals surface area contributed by atoms with E-state index in [1.165, 1.54) is 43.4 Å². The smallest absolute Gasteiger partial charge is 0.246 e. The fourth-order valence-electron chi connectivity index (χ4n) is 6.63. The van der Waals surface area contributed by atoms with Gasteiger partial charge >= 0.3 is 0 Å². The number of likely N-dealkylation sites (tertiary alicyclic amines) is 1. The standard InChI is InChI=1S/C28H47N5O2.ClH/c1-5-7-16-32-26(34)25(19-23-11-9-8-10-12-23)29-27(35)28(32)13-17-31(18-14-28)20-24-21(3)30-33(15-6-2)22(24)4;/h23,25H,5-20H2,1-4H3,(H,29,35);1H/t25-;/m0./s1. The average molecular weight is 522 g/mol. The molecule has 1 N–H and O–H groups in total. The molecule has 1 aromatic rings. The van der Waals surface area contributed by atoms with Crippen LogP contribution in [0.2, 0.25) is 0 Å². The Balaban J connectivity index is 0.00000361. The number of hydrogen-bond donors (Lipinski definition) is 1. The van der Waals surface area contributed by atoms with Gasteiger partial charge in [0.25, 0.3) is 0 Å². The number of rotatable bonds is 9. The summed E-state index contributed by atoms with van der Waals surface area (Å²) in [6, 6.07) is -0.333. The van der Waals surface area contributed by atoms with E-state index in [9.17, 15) is 9.59 Å². The van der Waals surface area contributed by atoms with Crippen LogP contribution in [0.3, 0.4) is 0 Å². The molecule has 1 aliphatic carbocycles. The van der Waals surface area contributed by atoms with E-state index >= 15 is 0 Å². The van der Waals surface area contributed by atoms with Crippen molar-refractivity contribution >= 4 is 24.2 Å². The van der Waals surface area contributed by atoms with Crippen molar-refractivity contribution in [2.24, 2.45) is 5.92 Å². The molecule has 2 amide bonds. The van der Waals surface area contributed by atoms with Gasteiger partial charge in [-0.1, -0.05) is 52.4 Å². The average Bonchev–Trinajstić information content (AvgIpc) is 3.12. The molecule has 1 saturated carbocycles. The van der Waals surface area contributed by atoms with Gasteiger partial charge in [0.2, 0.25) is 11.8 Å². The molecule has 7 nitrogen and oxygen atoms in total. The number of nitrogens with zero attached hydrogens (tertiary/aromatic N) is 4. The second-order valence-electron chi connectivity index (χ2n) is 11.3. The molecular formula is C28H48ClN5O2. The number of unbranched alkanes of at least 4 members (excludes halogenated alkanes) is 1. The van der Waals surface area contributed by atoms with Crippen LogP contribution in [0, 0.1) is 19.8 Å². The Morgan fingerprint density at radius 2 is 1.69 bits per heavy atom. The van der Waals surface area contributed by atoms with Gasteiger partial charge in [0.1, 0.15) is 11.6 Å². The van der Waals surface area contributed by atoms with Gasteiger partial charge in [0, 0.05) is 44.0 Å². The van der Waals surface area contributed by atoms with Crippen LogP contribution >= 0.6 is 12.4 Å². The predicted molar refractivity (Wildman–Crippen MR) is 146 cm³/mol. The SMILES string of the molecule is CCCCN1C(=O)[C@H](CC2CCCCC2)NC(=O)C12CCN(Cc1c(C)nn(CCC)c1C)CC2.Cl. The monoisotopic (exact) mass is 521 g/mol. The summed E-state index contributed by atoms with van der Waals surface area (Å²) in [5.41, 5.74) is 3.00. The fourth-order valence-corrected chi connectivity index (χ4v) is 6.63. The van der Waals surface area contributed by atoms with Gasteiger partial charge in [0.05, 0.1) is 5.69 Å². The van der Waals surface area contributed by atoms with Crippen molar-refractivity contribution in [2.75, 3.05) is 19.6 Å². The fraction of sp³-hybridized carbons (Fsp3) is 0.821. The lowest BCUT2D eigenvalue weighted by Gasteiger charge is -2.52. The maximum atomic E-state index is 13.7. The van der Waals surface area contributed by atoms with Crippen LogP contribution in [0.25, 0.3) is 0 Å². The minimum absolute atomic E-state index is 0. The Morgan fingerprint density at radius 3 is 2.33 bits per heavy atom. The number of carbonyl (C=O) groups is 2. The number of hydrogen-bond acceptors (Lipinski definition) is 4. The van der Waals surface area contributed by atoms with E-state index in [0.717, 1.165) is 57.6 Å². The molecular weight excluding hydrogens is 474 g/mol. The summed E-state index contributed by atoms with van der Waals surface area (Å²) in [6.45, 7) is 12.8. The molecule has 1 atom stereocenters. The molecule has 4 rings (SSSR count). The number of aryl methyl sites for hydroxylation is 2. The van der Waals surface area contributed by atoms with Gasteiger partial charge in [-0.3, -0.25) is 19.2 Å². The summed E-state index contributed by atoms with van der Waals surface area (Å²) >= 11 is 0. The highest BCUT2D eigenvalue weighted by Crippen LogP contribution is 2.36. The Labute approximate surface area is 224 Å². The lowest BCUT2D eigenvalue weighted by molar-refractivity contribution is -0.162. The van der Waals surface area contributed by atoms with Gasteiger partial charge in [0.15, 0.2) is 0 Å². The lowest BCUT2D eigenvalue weighted by Crippen LogP contribution is -2.73. The maximum Gasteiger partial charge on any atom is 0.246 e. The van der Waals surface area contributed by atoms with E-state index in [1.54, 1.807) is 0 Å². The first kappa shape index (κ1) is 29.0. The second-order valence-corrected chi connectivity index (χ2v) is 11.3. The van der Waals surface area contributed by atoms with Crippen LogP contribution in [-0.2, 0) is 22.7 Å². The molecule has 3 aliphatic rings. The highest BCUT2D eigenvalue weighted by molar-refractivity contribution is 6.00. The Morgan fingerprint density at radius 1 is 1.00 bits per heavy atom. The molecule has 0 aromatic carbocycles. The van der Waals surface area contributed by atoms with Crippen LogP contribution in [0.5, 0.6) is 0 Å². The lowest BCUT2D eigenvalue weighted by atomic mass is 9.79. The van der Waals surface area contributed by atoms with Crippen LogP contribution in [0.4, 0.5) is 0 Å². The minimum Gasteiger partial charge on any atom is -0.342 e. The molecule has 1 aromatic heterocycles. The zero-order valence-corrected chi connectivity index (χ0v) is 23.8. The van der Waals surface area contributed by atoms with Gasteiger partial charge in [-0.05, 0) is 51.9 Å². The maximum absolute atomic E-state index is 13.7. The third-order valence-electron chi connectivity index (χ3n) is 8.87. The molecule has 0 radical (unpaired) electrons. The highest BCUT2D eigenvalue weighted by Gasteiger charge is 2.53. The van der Waals surface area contributed by atoms with E-state index in [0.29, 0.717) is 25.3 Å². The van der Waals surface area contributed by atoms with Crippen molar-refractivity contribution in [3.8, 4) is 0 Å². The molecule has 1 spiro atoms. The molecule has 3 fully saturated rings. The Bertz CT molecular complexity index is 887. The second kappa shape index (κ2) is 12.8. The first-order valence-corrected chi connectivity index (χ1v) is 14.3. The number of piperazine rings is 1. The van der Waals surface area contributed by atoms with Crippen LogP contribution < -0.4 is 5.32 Å². The summed E-state index contributed by atoms with van der Waals surface area (Å²) in [6.07, 6.45) is 11.5. The van der Waals surface area contributed by atoms with Gasteiger partial charge < -0.3 is 10.2 Å². The van der Waals surface area contributed by atoms with Crippen molar-refractivity contribution in [2.45, 2.75) is 123 Å². The zero-order valence-electron chi connectivity index (χ0n) is 23.0. The highest BCUT2D eigenvalue weighted by atomic mass is 35.5. The number of nitrogens with one attached hydrogen (secondary N) is 1. The molecule has 36 heavy (non-hydrogen) atoms. The third kappa shape index (κ3) is 5.93. The number of amides is 2. The van der Waals surface area contributed by atoms with Gasteiger partial charge in [-0.2, -0.15) is 5.10 Å². The largest absolute Gasteiger partial charge is 0.342 e. The molecule has 0 bridgehead atoms. The normalized spacial score (nSPS) is 23.1. The summed E-state index contributed by atoms with van der Waals surface area (Å²) in [5, 5.41) is 7.96. The summed E-state index contributed by atoms with van der Waals surface area (Å²) in [4.78, 5) is 31.8.